The molecule has 1 rings (SSSR count). The van der Waals surface area contributed by atoms with Crippen molar-refractivity contribution in [2.45, 2.75) is 19.8 Å². The molecule has 1 aliphatic rings. The molecule has 0 heterocycles. The third-order valence-electron chi connectivity index (χ3n) is 2.36. The zero-order valence-corrected chi connectivity index (χ0v) is 8.04. The van der Waals surface area contributed by atoms with Gasteiger partial charge in [0.2, 0.25) is 0 Å². The Balaban J connectivity index is 2.44. The van der Waals surface area contributed by atoms with Gasteiger partial charge in [-0.3, -0.25) is 9.63 Å². The summed E-state index contributed by atoms with van der Waals surface area (Å²) in [6.07, 6.45) is 6.12. The van der Waals surface area contributed by atoms with E-state index >= 15 is 0 Å². The van der Waals surface area contributed by atoms with Crippen molar-refractivity contribution < 1.29 is 9.63 Å². The summed E-state index contributed by atoms with van der Waals surface area (Å²) in [6.45, 7) is 2.02. The zero-order valence-electron chi connectivity index (χ0n) is 8.04. The second kappa shape index (κ2) is 4.13. The fraction of sp³-hybridized carbons (Fsp3) is 0.600. The Bertz CT molecular complexity index is 305. The average Bonchev–Trinajstić information content (AvgIpc) is 2.12. The third kappa shape index (κ3) is 1.86. The Morgan fingerprint density at radius 1 is 1.79 bits per heavy atom. The van der Waals surface area contributed by atoms with Crippen molar-refractivity contribution in [2.24, 2.45) is 11.3 Å². The number of carbonyl (C=O) groups excluding carboxylic acids is 1. The maximum atomic E-state index is 11.5. The summed E-state index contributed by atoms with van der Waals surface area (Å²) in [6, 6.07) is 2.03. The lowest BCUT2D eigenvalue weighted by Gasteiger charge is -2.38. The number of amides is 1. The molecule has 0 saturated heterocycles. The zero-order chi connectivity index (χ0) is 10.6. The molecule has 0 atom stereocenters. The van der Waals surface area contributed by atoms with E-state index in [1.165, 1.54) is 0 Å². The highest BCUT2D eigenvalue weighted by Crippen LogP contribution is 2.44. The van der Waals surface area contributed by atoms with Crippen molar-refractivity contribution in [3.8, 4) is 18.4 Å². The number of nitriles is 1. The SMILES string of the molecule is C#CCONC(=O)C1(C#N)CC(C)C1. The molecule has 1 amide bonds. The van der Waals surface area contributed by atoms with Crippen molar-refractivity contribution in [1.82, 2.24) is 5.48 Å². The molecule has 4 heteroatoms. The summed E-state index contributed by atoms with van der Waals surface area (Å²) < 4.78 is 0. The number of carbonyl (C=O) groups is 1. The van der Waals surface area contributed by atoms with Gasteiger partial charge in [0.25, 0.3) is 5.91 Å². The van der Waals surface area contributed by atoms with E-state index in [4.69, 9.17) is 11.7 Å². The maximum absolute atomic E-state index is 11.5. The van der Waals surface area contributed by atoms with Crippen LogP contribution in [0.15, 0.2) is 0 Å². The normalized spacial score (nSPS) is 29.5. The van der Waals surface area contributed by atoms with E-state index in [1.54, 1.807) is 0 Å². The lowest BCUT2D eigenvalue weighted by molar-refractivity contribution is -0.146. The summed E-state index contributed by atoms with van der Waals surface area (Å²) in [7, 11) is 0. The van der Waals surface area contributed by atoms with Crippen LogP contribution in [0.3, 0.4) is 0 Å². The van der Waals surface area contributed by atoms with Crippen LogP contribution in [0, 0.1) is 35.0 Å². The van der Waals surface area contributed by atoms with Crippen molar-refractivity contribution in [2.75, 3.05) is 6.61 Å². The van der Waals surface area contributed by atoms with Crippen molar-refractivity contribution in [3.05, 3.63) is 0 Å². The molecule has 0 aromatic rings. The first-order valence-electron chi connectivity index (χ1n) is 4.41. The van der Waals surface area contributed by atoms with Crippen molar-refractivity contribution >= 4 is 5.91 Å². The van der Waals surface area contributed by atoms with E-state index in [1.807, 2.05) is 13.0 Å². The van der Waals surface area contributed by atoms with E-state index < -0.39 is 5.41 Å². The van der Waals surface area contributed by atoms with Crippen LogP contribution in [0.2, 0.25) is 0 Å². The first-order valence-corrected chi connectivity index (χ1v) is 4.41. The van der Waals surface area contributed by atoms with Crippen LogP contribution < -0.4 is 5.48 Å². The molecule has 0 radical (unpaired) electrons. The molecule has 0 spiro atoms. The van der Waals surface area contributed by atoms with E-state index in [0.29, 0.717) is 18.8 Å². The van der Waals surface area contributed by atoms with Crippen molar-refractivity contribution in [1.29, 1.82) is 5.26 Å². The van der Waals surface area contributed by atoms with E-state index in [0.717, 1.165) is 0 Å². The highest BCUT2D eigenvalue weighted by Gasteiger charge is 2.49. The highest BCUT2D eigenvalue weighted by molar-refractivity contribution is 5.85. The van der Waals surface area contributed by atoms with E-state index in [9.17, 15) is 4.79 Å². The minimum atomic E-state index is -0.895. The molecular weight excluding hydrogens is 180 g/mol. The van der Waals surface area contributed by atoms with Gasteiger partial charge >= 0.3 is 0 Å². The number of terminal acetylenes is 1. The molecule has 1 saturated carbocycles. The first kappa shape index (κ1) is 10.6. The standard InChI is InChI=1S/C10H12N2O2/c1-3-4-14-12-9(13)10(7-11)5-8(2)6-10/h1,8H,4-6H2,2H3,(H,12,13). The molecule has 14 heavy (non-hydrogen) atoms. The molecular formula is C10H12N2O2. The third-order valence-corrected chi connectivity index (χ3v) is 2.36. The van der Waals surface area contributed by atoms with Gasteiger partial charge in [-0.2, -0.15) is 5.26 Å². The molecule has 0 aromatic heterocycles. The molecule has 0 aliphatic heterocycles. The number of nitrogens with one attached hydrogen (secondary N) is 1. The highest BCUT2D eigenvalue weighted by atomic mass is 16.6. The maximum Gasteiger partial charge on any atom is 0.264 e. The molecule has 1 aliphatic carbocycles. The Kier molecular flexibility index (Phi) is 3.11. The average molecular weight is 192 g/mol. The molecule has 1 N–H and O–H groups in total. The summed E-state index contributed by atoms with van der Waals surface area (Å²) in [5.74, 6) is 2.26. The van der Waals surface area contributed by atoms with E-state index in [2.05, 4.69) is 16.2 Å². The molecule has 1 fully saturated rings. The molecule has 0 bridgehead atoms. The van der Waals surface area contributed by atoms with Gasteiger partial charge in [0.15, 0.2) is 0 Å². The number of hydrogen-bond acceptors (Lipinski definition) is 3. The van der Waals surface area contributed by atoms with Crippen LogP contribution in [0.5, 0.6) is 0 Å². The summed E-state index contributed by atoms with van der Waals surface area (Å²) in [5.41, 5.74) is 1.30. The summed E-state index contributed by atoms with van der Waals surface area (Å²) >= 11 is 0. The Morgan fingerprint density at radius 2 is 2.43 bits per heavy atom. The van der Waals surface area contributed by atoms with Crippen LogP contribution in [-0.4, -0.2) is 12.5 Å². The fourth-order valence-electron chi connectivity index (χ4n) is 1.70. The molecule has 4 nitrogen and oxygen atoms in total. The Hall–Kier alpha value is -1.52. The molecule has 0 unspecified atom stereocenters. The summed E-state index contributed by atoms with van der Waals surface area (Å²) in [5, 5.41) is 8.87. The first-order chi connectivity index (χ1) is 6.64. The lowest BCUT2D eigenvalue weighted by atomic mass is 9.63. The van der Waals surface area contributed by atoms with Gasteiger partial charge in [0.05, 0.1) is 6.07 Å². The van der Waals surface area contributed by atoms with Gasteiger partial charge in [0, 0.05) is 0 Å². The van der Waals surface area contributed by atoms with Gasteiger partial charge in [-0.25, -0.2) is 5.48 Å². The second-order valence-electron chi connectivity index (χ2n) is 3.63. The topological polar surface area (TPSA) is 62.1 Å². The van der Waals surface area contributed by atoms with E-state index in [-0.39, 0.29) is 12.5 Å². The predicted molar refractivity (Wildman–Crippen MR) is 49.4 cm³/mol. The minimum absolute atomic E-state index is 0.0167. The predicted octanol–water partition coefficient (Wildman–Crippen LogP) is 0.607. The second-order valence-corrected chi connectivity index (χ2v) is 3.63. The smallest absolute Gasteiger partial charge is 0.264 e. The van der Waals surface area contributed by atoms with Gasteiger partial charge in [-0.15, -0.1) is 6.42 Å². The Labute approximate surface area is 83.2 Å². The fourth-order valence-corrected chi connectivity index (χ4v) is 1.70. The lowest BCUT2D eigenvalue weighted by Crippen LogP contribution is -2.48. The minimum Gasteiger partial charge on any atom is -0.271 e. The molecule has 0 aromatic carbocycles. The quantitative estimate of drug-likeness (QED) is 0.405. The van der Waals surface area contributed by atoms with Crippen LogP contribution >= 0.6 is 0 Å². The van der Waals surface area contributed by atoms with Crippen LogP contribution in [0.25, 0.3) is 0 Å². The van der Waals surface area contributed by atoms with Gasteiger partial charge in [-0.05, 0) is 18.8 Å². The number of hydroxylamine groups is 1. The van der Waals surface area contributed by atoms with Gasteiger partial charge in [0.1, 0.15) is 12.0 Å². The number of nitrogens with zero attached hydrogens (tertiary/aromatic N) is 1. The van der Waals surface area contributed by atoms with Gasteiger partial charge < -0.3 is 0 Å². The van der Waals surface area contributed by atoms with Gasteiger partial charge in [-0.1, -0.05) is 12.8 Å². The summed E-state index contributed by atoms with van der Waals surface area (Å²) in [4.78, 5) is 16.1. The van der Waals surface area contributed by atoms with Crippen molar-refractivity contribution in [3.63, 3.8) is 0 Å². The van der Waals surface area contributed by atoms with Crippen LogP contribution in [-0.2, 0) is 9.63 Å². The van der Waals surface area contributed by atoms with Crippen LogP contribution in [0.4, 0.5) is 0 Å². The van der Waals surface area contributed by atoms with Crippen LogP contribution in [0.1, 0.15) is 19.8 Å². The molecule has 74 valence electrons. The Morgan fingerprint density at radius 3 is 2.86 bits per heavy atom. The number of rotatable bonds is 3. The number of hydrogen-bond donors (Lipinski definition) is 1. The monoisotopic (exact) mass is 192 g/mol. The largest absolute Gasteiger partial charge is 0.271 e.